The average Bonchev–Trinajstić information content (AvgIpc) is 2.59. The summed E-state index contributed by atoms with van der Waals surface area (Å²) in [6, 6.07) is 0. The minimum absolute atomic E-state index is 0.325. The maximum atomic E-state index is 12.5. The van der Waals surface area contributed by atoms with Gasteiger partial charge in [-0.2, -0.15) is 0 Å². The molecule has 0 amide bonds. The Kier molecular flexibility index (Phi) is 2.73. The summed E-state index contributed by atoms with van der Waals surface area (Å²) in [5.41, 5.74) is 2.19. The smallest absolute Gasteiger partial charge is 0.159 e. The van der Waals surface area contributed by atoms with Crippen LogP contribution in [0.5, 0.6) is 0 Å². The van der Waals surface area contributed by atoms with Crippen molar-refractivity contribution in [2.45, 2.75) is 65.7 Å². The van der Waals surface area contributed by atoms with Gasteiger partial charge in [0.05, 0.1) is 0 Å². The molecule has 0 aromatic heterocycles. The van der Waals surface area contributed by atoms with Crippen molar-refractivity contribution >= 4 is 5.78 Å². The fourth-order valence-electron chi connectivity index (χ4n) is 5.38. The van der Waals surface area contributed by atoms with Crippen molar-refractivity contribution in [2.24, 2.45) is 22.7 Å². The molecule has 2 bridgehead atoms. The van der Waals surface area contributed by atoms with E-state index in [1.54, 1.807) is 0 Å². The molecule has 0 aromatic rings. The van der Waals surface area contributed by atoms with Gasteiger partial charge in [0.2, 0.25) is 0 Å². The van der Waals surface area contributed by atoms with E-state index in [0.717, 1.165) is 12.8 Å². The van der Waals surface area contributed by atoms with Crippen LogP contribution in [-0.4, -0.2) is 5.78 Å². The number of rotatable bonds is 0. The first-order valence-corrected chi connectivity index (χ1v) is 7.66. The average molecular weight is 246 g/mol. The van der Waals surface area contributed by atoms with Crippen molar-refractivity contribution in [3.63, 3.8) is 0 Å². The minimum atomic E-state index is 0.325. The minimum Gasteiger partial charge on any atom is -0.295 e. The Balaban J connectivity index is 2.07. The Morgan fingerprint density at radius 1 is 1.17 bits per heavy atom. The second-order valence-electron chi connectivity index (χ2n) is 7.72. The van der Waals surface area contributed by atoms with Gasteiger partial charge in [-0.3, -0.25) is 4.79 Å². The molecule has 3 rings (SSSR count). The third-order valence-corrected chi connectivity index (χ3v) is 6.13. The number of hydrogen-bond acceptors (Lipinski definition) is 1. The third-order valence-electron chi connectivity index (χ3n) is 6.13. The van der Waals surface area contributed by atoms with Gasteiger partial charge in [-0.25, -0.2) is 0 Å². The predicted molar refractivity (Wildman–Crippen MR) is 74.3 cm³/mol. The van der Waals surface area contributed by atoms with E-state index in [0.29, 0.717) is 28.4 Å². The van der Waals surface area contributed by atoms with Crippen molar-refractivity contribution in [1.82, 2.24) is 0 Å². The summed E-state index contributed by atoms with van der Waals surface area (Å²) in [6.45, 7) is 6.96. The fraction of sp³-hybridized carbons (Fsp3) is 0.824. The molecule has 0 aromatic carbocycles. The molecule has 0 N–H and O–H groups in total. The zero-order chi connectivity index (χ0) is 13.0. The Morgan fingerprint density at radius 2 is 1.94 bits per heavy atom. The van der Waals surface area contributed by atoms with Crippen LogP contribution in [0.25, 0.3) is 0 Å². The van der Waals surface area contributed by atoms with E-state index in [2.05, 4.69) is 20.8 Å². The Hall–Kier alpha value is -0.590. The summed E-state index contributed by atoms with van der Waals surface area (Å²) >= 11 is 0. The van der Waals surface area contributed by atoms with E-state index < -0.39 is 0 Å². The zero-order valence-corrected chi connectivity index (χ0v) is 12.1. The number of carbonyl (C=O) groups excluding carboxylic acids is 1. The highest BCUT2D eigenvalue weighted by Crippen LogP contribution is 2.64. The third kappa shape index (κ3) is 1.70. The number of carbonyl (C=O) groups is 1. The van der Waals surface area contributed by atoms with Gasteiger partial charge in [-0.05, 0) is 68.3 Å². The molecule has 3 unspecified atom stereocenters. The standard InChI is InChI=1S/C17H26O/c1-12-6-8-17-7-4-5-13(14(18)11-12)15(17)16(2,3)9-10-17/h11,13,15H,4-10H2,1-3H3/b12-11-. The topological polar surface area (TPSA) is 17.1 Å². The zero-order valence-electron chi connectivity index (χ0n) is 12.1. The quantitative estimate of drug-likeness (QED) is 0.614. The highest BCUT2D eigenvalue weighted by molar-refractivity contribution is 5.93. The summed E-state index contributed by atoms with van der Waals surface area (Å²) in [7, 11) is 0. The van der Waals surface area contributed by atoms with Crippen LogP contribution >= 0.6 is 0 Å². The van der Waals surface area contributed by atoms with Crippen LogP contribution in [0.3, 0.4) is 0 Å². The molecule has 0 radical (unpaired) electrons. The lowest BCUT2D eigenvalue weighted by Crippen LogP contribution is -2.44. The van der Waals surface area contributed by atoms with Crippen molar-refractivity contribution < 1.29 is 4.79 Å². The molecule has 3 aliphatic carbocycles. The highest BCUT2D eigenvalue weighted by atomic mass is 16.1. The van der Waals surface area contributed by atoms with Crippen LogP contribution in [0.2, 0.25) is 0 Å². The van der Waals surface area contributed by atoms with Gasteiger partial charge in [0.1, 0.15) is 0 Å². The van der Waals surface area contributed by atoms with E-state index >= 15 is 0 Å². The van der Waals surface area contributed by atoms with Gasteiger partial charge in [-0.1, -0.05) is 25.8 Å². The van der Waals surface area contributed by atoms with Crippen molar-refractivity contribution in [1.29, 1.82) is 0 Å². The maximum absolute atomic E-state index is 12.5. The van der Waals surface area contributed by atoms with Gasteiger partial charge in [0.25, 0.3) is 0 Å². The van der Waals surface area contributed by atoms with Crippen LogP contribution in [0.1, 0.15) is 65.7 Å². The number of ketones is 1. The molecule has 0 aliphatic heterocycles. The van der Waals surface area contributed by atoms with E-state index in [1.165, 1.54) is 37.7 Å². The van der Waals surface area contributed by atoms with E-state index in [-0.39, 0.29) is 0 Å². The van der Waals surface area contributed by atoms with Gasteiger partial charge in [-0.15, -0.1) is 0 Å². The maximum Gasteiger partial charge on any atom is 0.159 e. The lowest BCUT2D eigenvalue weighted by atomic mass is 9.55. The van der Waals surface area contributed by atoms with Crippen LogP contribution in [0, 0.1) is 22.7 Å². The molecule has 18 heavy (non-hydrogen) atoms. The molecule has 0 heterocycles. The Labute approximate surface area is 111 Å². The Morgan fingerprint density at radius 3 is 2.72 bits per heavy atom. The van der Waals surface area contributed by atoms with Crippen LogP contribution in [0.15, 0.2) is 11.6 Å². The first kappa shape index (κ1) is 12.4. The first-order chi connectivity index (χ1) is 8.45. The molecular formula is C17H26O. The summed E-state index contributed by atoms with van der Waals surface area (Å²) in [5, 5.41) is 0. The molecule has 2 fully saturated rings. The molecule has 3 atom stereocenters. The molecular weight excluding hydrogens is 220 g/mol. The van der Waals surface area contributed by atoms with Gasteiger partial charge in [0, 0.05) is 5.92 Å². The molecule has 3 aliphatic rings. The number of allylic oxidation sites excluding steroid dienone is 2. The fourth-order valence-corrected chi connectivity index (χ4v) is 5.38. The van der Waals surface area contributed by atoms with Crippen molar-refractivity contribution in [3.8, 4) is 0 Å². The normalized spacial score (nSPS) is 45.7. The van der Waals surface area contributed by atoms with Crippen LogP contribution in [-0.2, 0) is 4.79 Å². The molecule has 1 heteroatoms. The van der Waals surface area contributed by atoms with E-state index in [1.807, 2.05) is 6.08 Å². The highest BCUT2D eigenvalue weighted by Gasteiger charge is 2.57. The molecule has 1 nitrogen and oxygen atoms in total. The van der Waals surface area contributed by atoms with E-state index in [9.17, 15) is 4.79 Å². The van der Waals surface area contributed by atoms with Crippen LogP contribution < -0.4 is 0 Å². The predicted octanol–water partition coefficient (Wildman–Crippen LogP) is 4.52. The summed E-state index contributed by atoms with van der Waals surface area (Å²) in [6.07, 6.45) is 10.9. The summed E-state index contributed by atoms with van der Waals surface area (Å²) < 4.78 is 0. The molecule has 100 valence electrons. The van der Waals surface area contributed by atoms with Crippen molar-refractivity contribution in [2.75, 3.05) is 0 Å². The summed E-state index contributed by atoms with van der Waals surface area (Å²) in [4.78, 5) is 12.5. The molecule has 0 spiro atoms. The second kappa shape index (κ2) is 3.95. The van der Waals surface area contributed by atoms with E-state index in [4.69, 9.17) is 0 Å². The molecule has 2 saturated carbocycles. The largest absolute Gasteiger partial charge is 0.295 e. The monoisotopic (exact) mass is 246 g/mol. The van der Waals surface area contributed by atoms with Crippen molar-refractivity contribution in [3.05, 3.63) is 11.6 Å². The lowest BCUT2D eigenvalue weighted by molar-refractivity contribution is -0.126. The SMILES string of the molecule is C/C1=C/C(=O)C2CCCC3(CC1)CCC(C)(C)C23. The molecule has 0 saturated heterocycles. The van der Waals surface area contributed by atoms with Gasteiger partial charge >= 0.3 is 0 Å². The Bertz CT molecular complexity index is 404. The number of hydrogen-bond donors (Lipinski definition) is 0. The first-order valence-electron chi connectivity index (χ1n) is 7.66. The van der Waals surface area contributed by atoms with Gasteiger partial charge < -0.3 is 0 Å². The summed E-state index contributed by atoms with van der Waals surface area (Å²) in [5.74, 6) is 1.42. The lowest BCUT2D eigenvalue weighted by Gasteiger charge is -2.49. The van der Waals surface area contributed by atoms with Gasteiger partial charge in [0.15, 0.2) is 5.78 Å². The second-order valence-corrected chi connectivity index (χ2v) is 7.72. The van der Waals surface area contributed by atoms with Crippen LogP contribution in [0.4, 0.5) is 0 Å².